The normalized spacial score (nSPS) is 12.4. The van der Waals surface area contributed by atoms with E-state index in [0.717, 1.165) is 18.7 Å². The maximum absolute atomic E-state index is 5.38. The molecule has 0 aliphatic carbocycles. The molecule has 0 saturated carbocycles. The van der Waals surface area contributed by atoms with Crippen molar-refractivity contribution < 1.29 is 0 Å². The van der Waals surface area contributed by atoms with Gasteiger partial charge >= 0.3 is 0 Å². The molecule has 70 valence electrons. The van der Waals surface area contributed by atoms with Gasteiger partial charge in [0.25, 0.3) is 0 Å². The molecule has 1 aromatic heterocycles. The van der Waals surface area contributed by atoms with Crippen LogP contribution in [-0.2, 0) is 0 Å². The molecule has 0 spiro atoms. The van der Waals surface area contributed by atoms with E-state index in [1.54, 1.807) is 18.5 Å². The van der Waals surface area contributed by atoms with Crippen molar-refractivity contribution in [1.82, 2.24) is 15.4 Å². The molecule has 0 bridgehead atoms. The highest BCUT2D eigenvalue weighted by molar-refractivity contribution is 4.95. The first kappa shape index (κ1) is 9.83. The zero-order chi connectivity index (χ0) is 9.52. The lowest BCUT2D eigenvalue weighted by atomic mass is 10.1. The van der Waals surface area contributed by atoms with E-state index < -0.39 is 0 Å². The number of hydrazine groups is 1. The standard InChI is InChI=1S/C9H14N4/c1-2-3-5-8(13-10)9-11-6-4-7-12-9/h2,4,6-8,13H,1,3,5,10H2. The number of allylic oxidation sites excluding steroid dienone is 1. The van der Waals surface area contributed by atoms with Gasteiger partial charge in [-0.3, -0.25) is 5.84 Å². The van der Waals surface area contributed by atoms with Crippen LogP contribution in [0.15, 0.2) is 31.1 Å². The van der Waals surface area contributed by atoms with Gasteiger partial charge in [0, 0.05) is 12.4 Å². The van der Waals surface area contributed by atoms with Crippen molar-refractivity contribution in [2.24, 2.45) is 5.84 Å². The number of nitrogens with zero attached hydrogens (tertiary/aromatic N) is 2. The summed E-state index contributed by atoms with van der Waals surface area (Å²) in [5.74, 6) is 6.11. The second-order valence-electron chi connectivity index (χ2n) is 2.69. The molecule has 1 atom stereocenters. The van der Waals surface area contributed by atoms with Crippen LogP contribution >= 0.6 is 0 Å². The SMILES string of the molecule is C=CCCC(NN)c1ncccn1. The maximum atomic E-state index is 5.38. The molecular formula is C9H14N4. The lowest BCUT2D eigenvalue weighted by Gasteiger charge is -2.12. The van der Waals surface area contributed by atoms with E-state index in [1.807, 2.05) is 6.08 Å². The monoisotopic (exact) mass is 178 g/mol. The van der Waals surface area contributed by atoms with Gasteiger partial charge in [0.05, 0.1) is 6.04 Å². The highest BCUT2D eigenvalue weighted by atomic mass is 15.2. The Hall–Kier alpha value is -1.26. The fraction of sp³-hybridized carbons (Fsp3) is 0.333. The Morgan fingerprint density at radius 2 is 2.23 bits per heavy atom. The number of nitrogens with one attached hydrogen (secondary N) is 1. The third-order valence-electron chi connectivity index (χ3n) is 1.76. The summed E-state index contributed by atoms with van der Waals surface area (Å²) in [6.45, 7) is 3.65. The predicted octanol–water partition coefficient (Wildman–Crippen LogP) is 0.947. The molecule has 1 aromatic rings. The molecule has 0 saturated heterocycles. The fourth-order valence-electron chi connectivity index (χ4n) is 1.06. The van der Waals surface area contributed by atoms with Crippen LogP contribution in [0.4, 0.5) is 0 Å². The largest absolute Gasteiger partial charge is 0.271 e. The van der Waals surface area contributed by atoms with E-state index in [2.05, 4.69) is 22.0 Å². The minimum absolute atomic E-state index is 0.0131. The molecule has 0 aliphatic heterocycles. The Kier molecular flexibility index (Phi) is 4.08. The molecule has 1 heterocycles. The van der Waals surface area contributed by atoms with Crippen molar-refractivity contribution in [3.63, 3.8) is 0 Å². The summed E-state index contributed by atoms with van der Waals surface area (Å²) in [6.07, 6.45) is 7.03. The van der Waals surface area contributed by atoms with Crippen LogP contribution in [0.1, 0.15) is 24.7 Å². The van der Waals surface area contributed by atoms with Gasteiger partial charge in [-0.05, 0) is 18.9 Å². The third-order valence-corrected chi connectivity index (χ3v) is 1.76. The molecule has 4 heteroatoms. The van der Waals surface area contributed by atoms with Gasteiger partial charge < -0.3 is 0 Å². The molecule has 1 rings (SSSR count). The predicted molar refractivity (Wildman–Crippen MR) is 51.5 cm³/mol. The summed E-state index contributed by atoms with van der Waals surface area (Å²) in [7, 11) is 0. The van der Waals surface area contributed by atoms with Crippen molar-refractivity contribution in [2.45, 2.75) is 18.9 Å². The van der Waals surface area contributed by atoms with E-state index in [4.69, 9.17) is 5.84 Å². The highest BCUT2D eigenvalue weighted by Crippen LogP contribution is 2.12. The zero-order valence-electron chi connectivity index (χ0n) is 7.48. The van der Waals surface area contributed by atoms with Gasteiger partial charge in [-0.15, -0.1) is 6.58 Å². The molecule has 1 unspecified atom stereocenters. The average molecular weight is 178 g/mol. The summed E-state index contributed by atoms with van der Waals surface area (Å²) in [5, 5.41) is 0. The average Bonchev–Trinajstić information content (AvgIpc) is 2.21. The van der Waals surface area contributed by atoms with Crippen LogP contribution in [0, 0.1) is 0 Å². The van der Waals surface area contributed by atoms with Gasteiger partial charge in [0.15, 0.2) is 0 Å². The molecule has 0 fully saturated rings. The van der Waals surface area contributed by atoms with Crippen LogP contribution in [-0.4, -0.2) is 9.97 Å². The Morgan fingerprint density at radius 1 is 1.54 bits per heavy atom. The second-order valence-corrected chi connectivity index (χ2v) is 2.69. The second kappa shape index (κ2) is 5.40. The number of hydrogen-bond donors (Lipinski definition) is 2. The van der Waals surface area contributed by atoms with Gasteiger partial charge in [-0.1, -0.05) is 6.08 Å². The number of hydrogen-bond acceptors (Lipinski definition) is 4. The number of rotatable bonds is 5. The number of nitrogens with two attached hydrogens (primary N) is 1. The lowest BCUT2D eigenvalue weighted by Crippen LogP contribution is -2.29. The summed E-state index contributed by atoms with van der Waals surface area (Å²) in [6, 6.07) is 1.80. The molecule has 4 nitrogen and oxygen atoms in total. The van der Waals surface area contributed by atoms with Crippen LogP contribution in [0.3, 0.4) is 0 Å². The summed E-state index contributed by atoms with van der Waals surface area (Å²) in [4.78, 5) is 8.23. The Labute approximate surface area is 77.9 Å². The Balaban J connectivity index is 2.61. The van der Waals surface area contributed by atoms with Crippen molar-refractivity contribution in [3.8, 4) is 0 Å². The van der Waals surface area contributed by atoms with Gasteiger partial charge in [-0.2, -0.15) is 0 Å². The van der Waals surface area contributed by atoms with Crippen molar-refractivity contribution >= 4 is 0 Å². The van der Waals surface area contributed by atoms with Crippen LogP contribution < -0.4 is 11.3 Å². The van der Waals surface area contributed by atoms with Gasteiger partial charge in [0.1, 0.15) is 5.82 Å². The summed E-state index contributed by atoms with van der Waals surface area (Å²) in [5.41, 5.74) is 2.68. The highest BCUT2D eigenvalue weighted by Gasteiger charge is 2.09. The topological polar surface area (TPSA) is 63.8 Å². The van der Waals surface area contributed by atoms with Crippen LogP contribution in [0.5, 0.6) is 0 Å². The van der Waals surface area contributed by atoms with E-state index in [0.29, 0.717) is 0 Å². The lowest BCUT2D eigenvalue weighted by molar-refractivity contribution is 0.495. The molecule has 0 amide bonds. The Morgan fingerprint density at radius 3 is 2.77 bits per heavy atom. The van der Waals surface area contributed by atoms with E-state index in [1.165, 1.54) is 0 Å². The molecule has 0 aromatic carbocycles. The quantitative estimate of drug-likeness (QED) is 0.400. The molecule has 3 N–H and O–H groups in total. The molecule has 0 aliphatic rings. The van der Waals surface area contributed by atoms with Crippen molar-refractivity contribution in [1.29, 1.82) is 0 Å². The van der Waals surface area contributed by atoms with Crippen LogP contribution in [0.25, 0.3) is 0 Å². The van der Waals surface area contributed by atoms with E-state index in [-0.39, 0.29) is 6.04 Å². The van der Waals surface area contributed by atoms with Gasteiger partial charge in [0.2, 0.25) is 0 Å². The number of aromatic nitrogens is 2. The van der Waals surface area contributed by atoms with E-state index in [9.17, 15) is 0 Å². The smallest absolute Gasteiger partial charge is 0.146 e. The van der Waals surface area contributed by atoms with Crippen molar-refractivity contribution in [2.75, 3.05) is 0 Å². The maximum Gasteiger partial charge on any atom is 0.146 e. The third kappa shape index (κ3) is 2.93. The first-order valence-electron chi connectivity index (χ1n) is 4.22. The van der Waals surface area contributed by atoms with Gasteiger partial charge in [-0.25, -0.2) is 15.4 Å². The van der Waals surface area contributed by atoms with Crippen LogP contribution in [0.2, 0.25) is 0 Å². The molecular weight excluding hydrogens is 164 g/mol. The van der Waals surface area contributed by atoms with E-state index >= 15 is 0 Å². The first-order valence-corrected chi connectivity index (χ1v) is 4.22. The zero-order valence-corrected chi connectivity index (χ0v) is 7.48. The minimum atomic E-state index is 0.0131. The first-order chi connectivity index (χ1) is 6.38. The minimum Gasteiger partial charge on any atom is -0.271 e. The summed E-state index contributed by atoms with van der Waals surface area (Å²) >= 11 is 0. The Bertz CT molecular complexity index is 247. The summed E-state index contributed by atoms with van der Waals surface area (Å²) < 4.78 is 0. The molecule has 0 radical (unpaired) electrons. The fourth-order valence-corrected chi connectivity index (χ4v) is 1.06. The molecule has 13 heavy (non-hydrogen) atoms. The van der Waals surface area contributed by atoms with Crippen molar-refractivity contribution in [3.05, 3.63) is 36.9 Å².